The summed E-state index contributed by atoms with van der Waals surface area (Å²) < 4.78 is 0. The molecule has 0 aromatic carbocycles. The number of likely N-dealkylation sites (tertiary alicyclic amines) is 2. The van der Waals surface area contributed by atoms with Crippen molar-refractivity contribution in [2.24, 2.45) is 0 Å². The Kier molecular flexibility index (Phi) is 3.26. The highest BCUT2D eigenvalue weighted by molar-refractivity contribution is 5.95. The fourth-order valence-electron chi connectivity index (χ4n) is 3.22. The molecule has 0 bridgehead atoms. The van der Waals surface area contributed by atoms with Crippen molar-refractivity contribution in [3.63, 3.8) is 0 Å². The number of carbonyl (C=O) groups is 2. The Balaban J connectivity index is 1.80. The number of hydrogen-bond acceptors (Lipinski definition) is 3. The van der Waals surface area contributed by atoms with E-state index in [1.165, 1.54) is 0 Å². The summed E-state index contributed by atoms with van der Waals surface area (Å²) in [5, 5.41) is 0. The minimum Gasteiger partial charge on any atom is -0.334 e. The molecule has 0 spiro atoms. The molecule has 0 saturated carbocycles. The van der Waals surface area contributed by atoms with Crippen LogP contribution in [0.3, 0.4) is 0 Å². The van der Waals surface area contributed by atoms with E-state index in [0.29, 0.717) is 25.1 Å². The molecule has 3 rings (SSSR count). The van der Waals surface area contributed by atoms with Crippen LogP contribution in [0, 0.1) is 0 Å². The number of pyridine rings is 1. The van der Waals surface area contributed by atoms with Crippen LogP contribution in [-0.2, 0) is 4.79 Å². The molecule has 104 valence electrons. The maximum absolute atomic E-state index is 12.5. The summed E-state index contributed by atoms with van der Waals surface area (Å²) in [5.41, 5.74) is 0.635. The van der Waals surface area contributed by atoms with Crippen molar-refractivity contribution in [3.8, 4) is 0 Å². The average molecular weight is 271 g/mol. The van der Waals surface area contributed by atoms with Crippen molar-refractivity contribution < 1.29 is 9.59 Å². The van der Waals surface area contributed by atoms with Gasteiger partial charge in [-0.3, -0.25) is 14.6 Å². The minimum atomic E-state index is -0.00634. The molecule has 5 nitrogen and oxygen atoms in total. The highest BCUT2D eigenvalue weighted by atomic mass is 16.2. The summed E-state index contributed by atoms with van der Waals surface area (Å²) in [7, 11) is 0. The van der Waals surface area contributed by atoms with E-state index in [0.717, 1.165) is 6.42 Å². The number of hydrogen-bond donors (Lipinski definition) is 0. The van der Waals surface area contributed by atoms with Crippen LogP contribution in [0.2, 0.25) is 0 Å². The second-order valence-electron chi connectivity index (χ2n) is 5.20. The fourth-order valence-corrected chi connectivity index (χ4v) is 3.22. The SMILES string of the molecule is C=CCN1C(=O)C[C@H]2[C@H]1CCN2C(=O)c1ccncc1. The van der Waals surface area contributed by atoms with Gasteiger partial charge in [0, 0.05) is 37.5 Å². The summed E-state index contributed by atoms with van der Waals surface area (Å²) in [5.74, 6) is 0.111. The molecule has 2 saturated heterocycles. The standard InChI is InChI=1S/C15H17N3O2/c1-2-8-17-12-5-9-18(13(12)10-14(17)19)15(20)11-3-6-16-7-4-11/h2-4,6-7,12-13H,1,5,8-10H2/t12-,13+/m1/s1. The van der Waals surface area contributed by atoms with Crippen LogP contribution in [-0.4, -0.2) is 51.8 Å². The predicted octanol–water partition coefficient (Wildman–Crippen LogP) is 1.08. The molecule has 0 aliphatic carbocycles. The van der Waals surface area contributed by atoms with Gasteiger partial charge in [0.05, 0.1) is 12.1 Å². The van der Waals surface area contributed by atoms with E-state index in [-0.39, 0.29) is 23.9 Å². The number of carbonyl (C=O) groups excluding carboxylic acids is 2. The second kappa shape index (κ2) is 5.07. The summed E-state index contributed by atoms with van der Waals surface area (Å²) >= 11 is 0. The molecular formula is C15H17N3O2. The van der Waals surface area contributed by atoms with Crippen molar-refractivity contribution in [2.75, 3.05) is 13.1 Å². The highest BCUT2D eigenvalue weighted by Crippen LogP contribution is 2.33. The lowest BCUT2D eigenvalue weighted by atomic mass is 10.1. The zero-order valence-electron chi connectivity index (χ0n) is 11.2. The van der Waals surface area contributed by atoms with Crippen LogP contribution in [0.25, 0.3) is 0 Å². The summed E-state index contributed by atoms with van der Waals surface area (Å²) in [6.45, 7) is 4.97. The summed E-state index contributed by atoms with van der Waals surface area (Å²) in [6.07, 6.45) is 6.25. The lowest BCUT2D eigenvalue weighted by Gasteiger charge is -2.24. The first kappa shape index (κ1) is 12.8. The molecule has 1 aromatic heterocycles. The van der Waals surface area contributed by atoms with Gasteiger partial charge in [-0.15, -0.1) is 6.58 Å². The molecule has 2 aliphatic heterocycles. The number of amides is 2. The highest BCUT2D eigenvalue weighted by Gasteiger charge is 2.47. The monoisotopic (exact) mass is 271 g/mol. The number of fused-ring (bicyclic) bond motifs is 1. The molecule has 1 aromatic rings. The summed E-state index contributed by atoms with van der Waals surface area (Å²) in [4.78, 5) is 32.1. The minimum absolute atomic E-state index is 0.00288. The predicted molar refractivity (Wildman–Crippen MR) is 74.0 cm³/mol. The molecule has 2 amide bonds. The van der Waals surface area contributed by atoms with E-state index in [1.54, 1.807) is 30.6 Å². The molecular weight excluding hydrogens is 254 g/mol. The number of aromatic nitrogens is 1. The van der Waals surface area contributed by atoms with Crippen LogP contribution in [0.15, 0.2) is 37.2 Å². The van der Waals surface area contributed by atoms with Crippen molar-refractivity contribution in [2.45, 2.75) is 24.9 Å². The van der Waals surface area contributed by atoms with Gasteiger partial charge in [0.25, 0.3) is 5.91 Å². The van der Waals surface area contributed by atoms with E-state index in [2.05, 4.69) is 11.6 Å². The van der Waals surface area contributed by atoms with Gasteiger partial charge in [-0.25, -0.2) is 0 Å². The molecule has 2 aliphatic rings. The van der Waals surface area contributed by atoms with Crippen LogP contribution in [0.1, 0.15) is 23.2 Å². The number of nitrogens with zero attached hydrogens (tertiary/aromatic N) is 3. The normalized spacial score (nSPS) is 24.9. The Morgan fingerprint density at radius 2 is 2.15 bits per heavy atom. The quantitative estimate of drug-likeness (QED) is 0.773. The zero-order chi connectivity index (χ0) is 14.1. The van der Waals surface area contributed by atoms with Gasteiger partial charge in [-0.2, -0.15) is 0 Å². The van der Waals surface area contributed by atoms with Crippen LogP contribution in [0.5, 0.6) is 0 Å². The Morgan fingerprint density at radius 3 is 2.85 bits per heavy atom. The Hall–Kier alpha value is -2.17. The molecule has 0 unspecified atom stereocenters. The average Bonchev–Trinajstić information content (AvgIpc) is 3.00. The van der Waals surface area contributed by atoms with Crippen molar-refractivity contribution >= 4 is 11.8 Å². The van der Waals surface area contributed by atoms with E-state index in [9.17, 15) is 9.59 Å². The molecule has 2 fully saturated rings. The van der Waals surface area contributed by atoms with Crippen LogP contribution < -0.4 is 0 Å². The van der Waals surface area contributed by atoms with E-state index >= 15 is 0 Å². The first-order valence-corrected chi connectivity index (χ1v) is 6.83. The van der Waals surface area contributed by atoms with E-state index < -0.39 is 0 Å². The lowest BCUT2D eigenvalue weighted by Crippen LogP contribution is -2.39. The van der Waals surface area contributed by atoms with Crippen molar-refractivity contribution in [1.29, 1.82) is 0 Å². The largest absolute Gasteiger partial charge is 0.334 e. The first-order chi connectivity index (χ1) is 9.72. The summed E-state index contributed by atoms with van der Waals surface area (Å²) in [6, 6.07) is 3.58. The van der Waals surface area contributed by atoms with Gasteiger partial charge >= 0.3 is 0 Å². The third-order valence-electron chi connectivity index (χ3n) is 4.13. The molecule has 0 radical (unpaired) electrons. The van der Waals surface area contributed by atoms with E-state index in [4.69, 9.17) is 0 Å². The van der Waals surface area contributed by atoms with Gasteiger partial charge in [0.2, 0.25) is 5.91 Å². The third-order valence-corrected chi connectivity index (χ3v) is 4.13. The van der Waals surface area contributed by atoms with Crippen LogP contribution in [0.4, 0.5) is 0 Å². The molecule has 2 atom stereocenters. The fraction of sp³-hybridized carbons (Fsp3) is 0.400. The van der Waals surface area contributed by atoms with Gasteiger partial charge < -0.3 is 9.80 Å². The van der Waals surface area contributed by atoms with Gasteiger partial charge in [-0.1, -0.05) is 6.08 Å². The second-order valence-corrected chi connectivity index (χ2v) is 5.20. The third kappa shape index (κ3) is 1.99. The zero-order valence-corrected chi connectivity index (χ0v) is 11.2. The smallest absolute Gasteiger partial charge is 0.254 e. The molecule has 20 heavy (non-hydrogen) atoms. The maximum atomic E-state index is 12.5. The Morgan fingerprint density at radius 1 is 1.40 bits per heavy atom. The topological polar surface area (TPSA) is 53.5 Å². The molecule has 5 heteroatoms. The van der Waals surface area contributed by atoms with Crippen molar-refractivity contribution in [1.82, 2.24) is 14.8 Å². The Labute approximate surface area is 117 Å². The van der Waals surface area contributed by atoms with Gasteiger partial charge in [-0.05, 0) is 18.6 Å². The Bertz CT molecular complexity index is 543. The molecule has 0 N–H and O–H groups in total. The molecule has 3 heterocycles. The first-order valence-electron chi connectivity index (χ1n) is 6.83. The lowest BCUT2D eigenvalue weighted by molar-refractivity contribution is -0.128. The van der Waals surface area contributed by atoms with E-state index in [1.807, 2.05) is 9.80 Å². The van der Waals surface area contributed by atoms with Crippen LogP contribution >= 0.6 is 0 Å². The van der Waals surface area contributed by atoms with Crippen molar-refractivity contribution in [3.05, 3.63) is 42.7 Å². The van der Waals surface area contributed by atoms with Gasteiger partial charge in [0.1, 0.15) is 0 Å². The maximum Gasteiger partial charge on any atom is 0.254 e. The van der Waals surface area contributed by atoms with Gasteiger partial charge in [0.15, 0.2) is 0 Å². The number of rotatable bonds is 3.